The van der Waals surface area contributed by atoms with Gasteiger partial charge in [0.1, 0.15) is 11.9 Å². The van der Waals surface area contributed by atoms with Gasteiger partial charge in [-0.1, -0.05) is 30.3 Å². The Morgan fingerprint density at radius 2 is 1.75 bits per heavy atom. The molecule has 1 atom stereocenters. The SMILES string of the molecule is CN1CCC[C@@H](CNC(=O)c2ccc(OC3CCN(CCc4ccccc4)CC3)cc2)C1. The number of nitrogens with zero attached hydrogens (tertiary/aromatic N) is 2. The molecular formula is C27H37N3O2. The molecule has 0 aromatic heterocycles. The Morgan fingerprint density at radius 3 is 2.47 bits per heavy atom. The fourth-order valence-corrected chi connectivity index (χ4v) is 4.84. The molecule has 1 N–H and O–H groups in total. The van der Waals surface area contributed by atoms with Crippen molar-refractivity contribution < 1.29 is 9.53 Å². The lowest BCUT2D eigenvalue weighted by Crippen LogP contribution is -2.39. The van der Waals surface area contributed by atoms with Gasteiger partial charge in [-0.15, -0.1) is 0 Å². The fourth-order valence-electron chi connectivity index (χ4n) is 4.84. The van der Waals surface area contributed by atoms with Gasteiger partial charge in [-0.2, -0.15) is 0 Å². The molecule has 2 fully saturated rings. The maximum absolute atomic E-state index is 12.5. The van der Waals surface area contributed by atoms with E-state index in [1.54, 1.807) is 0 Å². The smallest absolute Gasteiger partial charge is 0.251 e. The summed E-state index contributed by atoms with van der Waals surface area (Å²) >= 11 is 0. The first kappa shape index (κ1) is 22.8. The second-order valence-electron chi connectivity index (χ2n) is 9.40. The van der Waals surface area contributed by atoms with Crippen molar-refractivity contribution in [1.82, 2.24) is 15.1 Å². The van der Waals surface area contributed by atoms with E-state index < -0.39 is 0 Å². The van der Waals surface area contributed by atoms with Gasteiger partial charge in [-0.05, 0) is 81.4 Å². The first-order chi connectivity index (χ1) is 15.7. The first-order valence-corrected chi connectivity index (χ1v) is 12.2. The number of likely N-dealkylation sites (tertiary alicyclic amines) is 2. The van der Waals surface area contributed by atoms with Gasteiger partial charge in [0.2, 0.25) is 0 Å². The number of carbonyl (C=O) groups is 1. The third kappa shape index (κ3) is 6.81. The average Bonchev–Trinajstić information content (AvgIpc) is 2.83. The Morgan fingerprint density at radius 1 is 1.00 bits per heavy atom. The van der Waals surface area contributed by atoms with E-state index >= 15 is 0 Å². The van der Waals surface area contributed by atoms with Gasteiger partial charge in [-0.3, -0.25) is 4.79 Å². The summed E-state index contributed by atoms with van der Waals surface area (Å²) < 4.78 is 6.20. The van der Waals surface area contributed by atoms with Crippen LogP contribution in [0.5, 0.6) is 5.75 Å². The van der Waals surface area contributed by atoms with E-state index in [9.17, 15) is 4.79 Å². The standard InChI is InChI=1S/C27H37N3O2/c1-29-16-5-8-23(21-29)20-28-27(31)24-9-11-25(12-10-24)32-26-14-18-30(19-15-26)17-13-22-6-3-2-4-7-22/h2-4,6-7,9-12,23,26H,5,8,13-21H2,1H3,(H,28,31)/t23-/m0/s1. The average molecular weight is 436 g/mol. The Labute approximate surface area is 192 Å². The molecule has 0 radical (unpaired) electrons. The van der Waals surface area contributed by atoms with Crippen molar-refractivity contribution in [2.75, 3.05) is 46.3 Å². The van der Waals surface area contributed by atoms with Crippen molar-refractivity contribution >= 4 is 5.91 Å². The topological polar surface area (TPSA) is 44.8 Å². The van der Waals surface area contributed by atoms with E-state index in [1.165, 1.54) is 24.9 Å². The Balaban J connectivity index is 1.16. The number of benzene rings is 2. The molecule has 1 amide bonds. The molecule has 2 aliphatic rings. The van der Waals surface area contributed by atoms with Crippen molar-refractivity contribution in [3.05, 3.63) is 65.7 Å². The fraction of sp³-hybridized carbons (Fsp3) is 0.519. The first-order valence-electron chi connectivity index (χ1n) is 12.2. The van der Waals surface area contributed by atoms with Gasteiger partial charge in [0, 0.05) is 38.3 Å². The van der Waals surface area contributed by atoms with Crippen LogP contribution in [-0.2, 0) is 6.42 Å². The largest absolute Gasteiger partial charge is 0.490 e. The molecule has 2 aromatic rings. The predicted molar refractivity (Wildman–Crippen MR) is 129 cm³/mol. The number of amides is 1. The summed E-state index contributed by atoms with van der Waals surface area (Å²) in [6.45, 7) is 6.25. The van der Waals surface area contributed by atoms with Crippen molar-refractivity contribution in [3.8, 4) is 5.75 Å². The van der Waals surface area contributed by atoms with Crippen LogP contribution in [0.3, 0.4) is 0 Å². The summed E-state index contributed by atoms with van der Waals surface area (Å²) in [7, 11) is 2.15. The molecule has 0 aliphatic carbocycles. The van der Waals surface area contributed by atoms with Crippen molar-refractivity contribution in [3.63, 3.8) is 0 Å². The number of ether oxygens (including phenoxy) is 1. The van der Waals surface area contributed by atoms with E-state index in [2.05, 4.69) is 52.5 Å². The molecular weight excluding hydrogens is 398 g/mol. The van der Waals surface area contributed by atoms with Crippen LogP contribution in [0.2, 0.25) is 0 Å². The molecule has 32 heavy (non-hydrogen) atoms. The number of nitrogens with one attached hydrogen (secondary N) is 1. The highest BCUT2D eigenvalue weighted by molar-refractivity contribution is 5.94. The minimum Gasteiger partial charge on any atom is -0.490 e. The minimum absolute atomic E-state index is 0.0106. The zero-order valence-electron chi connectivity index (χ0n) is 19.3. The quantitative estimate of drug-likeness (QED) is 0.684. The number of hydrogen-bond donors (Lipinski definition) is 1. The van der Waals surface area contributed by atoms with Crippen LogP contribution < -0.4 is 10.1 Å². The van der Waals surface area contributed by atoms with Gasteiger partial charge < -0.3 is 19.9 Å². The molecule has 5 heteroatoms. The molecule has 0 bridgehead atoms. The Kier molecular flexibility index (Phi) is 8.18. The van der Waals surface area contributed by atoms with E-state index in [0.29, 0.717) is 11.5 Å². The van der Waals surface area contributed by atoms with E-state index in [1.807, 2.05) is 24.3 Å². The number of rotatable bonds is 8. The third-order valence-corrected chi connectivity index (χ3v) is 6.79. The normalized spacial score (nSPS) is 20.7. The lowest BCUT2D eigenvalue weighted by Gasteiger charge is -2.32. The second-order valence-corrected chi connectivity index (χ2v) is 9.40. The molecule has 172 valence electrons. The van der Waals surface area contributed by atoms with Gasteiger partial charge in [0.05, 0.1) is 0 Å². The Bertz CT molecular complexity index is 832. The van der Waals surface area contributed by atoms with Crippen LogP contribution in [0.1, 0.15) is 41.6 Å². The number of hydrogen-bond acceptors (Lipinski definition) is 4. The maximum atomic E-state index is 12.5. The molecule has 2 aliphatic heterocycles. The van der Waals surface area contributed by atoms with Gasteiger partial charge in [0.25, 0.3) is 5.91 Å². The molecule has 2 aromatic carbocycles. The molecule has 2 heterocycles. The van der Waals surface area contributed by atoms with Crippen LogP contribution in [0, 0.1) is 5.92 Å². The predicted octanol–water partition coefficient (Wildman–Crippen LogP) is 3.84. The molecule has 2 saturated heterocycles. The van der Waals surface area contributed by atoms with E-state index in [4.69, 9.17) is 4.74 Å². The zero-order chi connectivity index (χ0) is 22.2. The van der Waals surface area contributed by atoms with Crippen molar-refractivity contribution in [2.24, 2.45) is 5.92 Å². The van der Waals surface area contributed by atoms with Gasteiger partial charge in [-0.25, -0.2) is 0 Å². The lowest BCUT2D eigenvalue weighted by atomic mass is 9.98. The van der Waals surface area contributed by atoms with Crippen LogP contribution in [0.4, 0.5) is 0 Å². The highest BCUT2D eigenvalue weighted by Gasteiger charge is 2.21. The van der Waals surface area contributed by atoms with Crippen molar-refractivity contribution in [2.45, 2.75) is 38.2 Å². The number of piperidine rings is 2. The zero-order valence-corrected chi connectivity index (χ0v) is 19.3. The highest BCUT2D eigenvalue weighted by Crippen LogP contribution is 2.20. The third-order valence-electron chi connectivity index (χ3n) is 6.79. The molecule has 4 rings (SSSR count). The molecule has 0 saturated carbocycles. The molecule has 5 nitrogen and oxygen atoms in total. The van der Waals surface area contributed by atoms with E-state index in [-0.39, 0.29) is 12.0 Å². The second kappa shape index (κ2) is 11.5. The highest BCUT2D eigenvalue weighted by atomic mass is 16.5. The monoisotopic (exact) mass is 435 g/mol. The Hall–Kier alpha value is -2.37. The van der Waals surface area contributed by atoms with E-state index in [0.717, 1.165) is 57.7 Å². The van der Waals surface area contributed by atoms with Crippen LogP contribution >= 0.6 is 0 Å². The lowest BCUT2D eigenvalue weighted by molar-refractivity contribution is 0.0936. The maximum Gasteiger partial charge on any atom is 0.251 e. The molecule has 0 unspecified atom stereocenters. The summed E-state index contributed by atoms with van der Waals surface area (Å²) in [4.78, 5) is 17.4. The summed E-state index contributed by atoms with van der Waals surface area (Å²) in [5.74, 6) is 1.42. The summed E-state index contributed by atoms with van der Waals surface area (Å²) in [5.41, 5.74) is 2.11. The van der Waals surface area contributed by atoms with Crippen LogP contribution in [0.15, 0.2) is 54.6 Å². The summed E-state index contributed by atoms with van der Waals surface area (Å²) in [5, 5.41) is 3.11. The summed E-state index contributed by atoms with van der Waals surface area (Å²) in [6, 6.07) is 18.3. The molecule has 0 spiro atoms. The minimum atomic E-state index is 0.0106. The van der Waals surface area contributed by atoms with Crippen molar-refractivity contribution in [1.29, 1.82) is 0 Å². The number of carbonyl (C=O) groups excluding carboxylic acids is 1. The van der Waals surface area contributed by atoms with Gasteiger partial charge >= 0.3 is 0 Å². The van der Waals surface area contributed by atoms with Gasteiger partial charge in [0.15, 0.2) is 0 Å². The summed E-state index contributed by atoms with van der Waals surface area (Å²) in [6.07, 6.45) is 5.87. The van der Waals surface area contributed by atoms with Crippen LogP contribution in [-0.4, -0.2) is 68.1 Å². The van der Waals surface area contributed by atoms with Crippen LogP contribution in [0.25, 0.3) is 0 Å².